The van der Waals surface area contributed by atoms with Crippen LogP contribution < -0.4 is 29.0 Å². The summed E-state index contributed by atoms with van der Waals surface area (Å²) in [5.41, 5.74) is 2.93. The van der Waals surface area contributed by atoms with E-state index in [0.717, 1.165) is 5.56 Å². The van der Waals surface area contributed by atoms with Crippen LogP contribution in [0, 0.1) is 6.92 Å². The van der Waals surface area contributed by atoms with Crippen LogP contribution in [0.2, 0.25) is 0 Å². The fourth-order valence-corrected chi connectivity index (χ4v) is 3.77. The van der Waals surface area contributed by atoms with Crippen LogP contribution in [0.15, 0.2) is 48.5 Å². The lowest BCUT2D eigenvalue weighted by Crippen LogP contribution is -2.19. The van der Waals surface area contributed by atoms with Crippen molar-refractivity contribution in [3.63, 3.8) is 0 Å². The molecule has 0 unspecified atom stereocenters. The highest BCUT2D eigenvalue weighted by Crippen LogP contribution is 2.41. The fraction of sp³-hybridized carbons (Fsp3) is 0.269. The van der Waals surface area contributed by atoms with Gasteiger partial charge in [0.1, 0.15) is 19.3 Å². The maximum Gasteiger partial charge on any atom is 0.255 e. The fourth-order valence-electron chi connectivity index (χ4n) is 3.77. The van der Waals surface area contributed by atoms with Crippen molar-refractivity contribution in [3.8, 4) is 28.7 Å². The Balaban J connectivity index is 1.73. The maximum absolute atomic E-state index is 13.3. The number of nitrogens with one attached hydrogen (secondary N) is 1. The lowest BCUT2D eigenvalue weighted by Gasteiger charge is -2.23. The van der Waals surface area contributed by atoms with E-state index in [1.165, 1.54) is 21.3 Å². The standard InChI is InChI=1S/C26H27NO7/c1-15-5-7-16(8-6-15)24(28)18-13-20-21(34-10-9-33-20)14-19(18)27-26(29)17-11-22(30-2)25(32-4)23(12-17)31-3/h5-8,11-14,24,28H,9-10H2,1-4H3,(H,27,29)/t24-/m0/s1. The summed E-state index contributed by atoms with van der Waals surface area (Å²) in [5, 5.41) is 14.1. The van der Waals surface area contributed by atoms with E-state index < -0.39 is 12.0 Å². The molecule has 34 heavy (non-hydrogen) atoms. The summed E-state index contributed by atoms with van der Waals surface area (Å²) in [7, 11) is 4.46. The minimum Gasteiger partial charge on any atom is -0.493 e. The van der Waals surface area contributed by atoms with Crippen LogP contribution in [-0.2, 0) is 0 Å². The second-order valence-corrected chi connectivity index (χ2v) is 7.76. The zero-order valence-corrected chi connectivity index (χ0v) is 19.5. The topological polar surface area (TPSA) is 95.5 Å². The lowest BCUT2D eigenvalue weighted by atomic mass is 9.98. The number of aliphatic hydroxyl groups is 1. The highest BCUT2D eigenvalue weighted by atomic mass is 16.6. The second-order valence-electron chi connectivity index (χ2n) is 7.76. The van der Waals surface area contributed by atoms with Gasteiger partial charge in [0.25, 0.3) is 5.91 Å². The molecule has 3 aromatic carbocycles. The van der Waals surface area contributed by atoms with Crippen molar-refractivity contribution in [2.24, 2.45) is 0 Å². The first kappa shape index (κ1) is 23.3. The van der Waals surface area contributed by atoms with Crippen LogP contribution in [0.5, 0.6) is 28.7 Å². The molecule has 1 aliphatic heterocycles. The molecule has 1 amide bonds. The van der Waals surface area contributed by atoms with Gasteiger partial charge in [-0.05, 0) is 30.7 Å². The number of anilines is 1. The van der Waals surface area contributed by atoms with E-state index in [9.17, 15) is 9.90 Å². The van der Waals surface area contributed by atoms with Crippen LogP contribution >= 0.6 is 0 Å². The molecule has 0 radical (unpaired) electrons. The number of carbonyl (C=O) groups excluding carboxylic acids is 1. The molecule has 0 bridgehead atoms. The summed E-state index contributed by atoms with van der Waals surface area (Å²) in [5.74, 6) is 1.68. The number of methoxy groups -OCH3 is 3. The molecule has 0 spiro atoms. The van der Waals surface area contributed by atoms with Crippen molar-refractivity contribution >= 4 is 11.6 Å². The third kappa shape index (κ3) is 4.58. The molecular weight excluding hydrogens is 438 g/mol. The van der Waals surface area contributed by atoms with Gasteiger partial charge < -0.3 is 34.1 Å². The van der Waals surface area contributed by atoms with Gasteiger partial charge in [-0.2, -0.15) is 0 Å². The van der Waals surface area contributed by atoms with Gasteiger partial charge in [0, 0.05) is 17.2 Å². The molecule has 1 heterocycles. The van der Waals surface area contributed by atoms with Gasteiger partial charge in [-0.25, -0.2) is 0 Å². The van der Waals surface area contributed by atoms with Crippen molar-refractivity contribution in [2.75, 3.05) is 39.9 Å². The first-order chi connectivity index (χ1) is 16.4. The molecule has 0 saturated carbocycles. The Hall–Kier alpha value is -3.91. The van der Waals surface area contributed by atoms with Gasteiger partial charge in [0.15, 0.2) is 23.0 Å². The zero-order chi connectivity index (χ0) is 24.2. The highest BCUT2D eigenvalue weighted by Gasteiger charge is 2.24. The molecule has 8 nitrogen and oxygen atoms in total. The number of ether oxygens (including phenoxy) is 5. The van der Waals surface area contributed by atoms with Gasteiger partial charge >= 0.3 is 0 Å². The van der Waals surface area contributed by atoms with E-state index in [4.69, 9.17) is 23.7 Å². The van der Waals surface area contributed by atoms with E-state index in [2.05, 4.69) is 5.32 Å². The third-order valence-corrected chi connectivity index (χ3v) is 5.58. The lowest BCUT2D eigenvalue weighted by molar-refractivity contribution is 0.102. The van der Waals surface area contributed by atoms with Gasteiger partial charge in [-0.15, -0.1) is 0 Å². The van der Waals surface area contributed by atoms with Gasteiger partial charge in [-0.3, -0.25) is 4.79 Å². The average Bonchev–Trinajstić information content (AvgIpc) is 2.87. The monoisotopic (exact) mass is 465 g/mol. The summed E-state index contributed by atoms with van der Waals surface area (Å²) in [6.07, 6.45) is -0.994. The molecule has 3 aromatic rings. The summed E-state index contributed by atoms with van der Waals surface area (Å²) >= 11 is 0. The predicted octanol–water partition coefficient (Wildman–Crippen LogP) is 4.13. The van der Waals surface area contributed by atoms with Gasteiger partial charge in [0.05, 0.1) is 27.0 Å². The molecule has 1 atom stereocenters. The summed E-state index contributed by atoms with van der Waals surface area (Å²) in [6, 6.07) is 14.0. The number of aliphatic hydroxyl groups excluding tert-OH is 1. The van der Waals surface area contributed by atoms with Crippen molar-refractivity contribution in [1.29, 1.82) is 0 Å². The largest absolute Gasteiger partial charge is 0.493 e. The summed E-state index contributed by atoms with van der Waals surface area (Å²) in [6.45, 7) is 2.78. The zero-order valence-electron chi connectivity index (χ0n) is 19.5. The number of amides is 1. The Morgan fingerprint density at radius 2 is 1.50 bits per heavy atom. The van der Waals surface area contributed by atoms with Gasteiger partial charge in [-0.1, -0.05) is 29.8 Å². The predicted molar refractivity (Wildman–Crippen MR) is 127 cm³/mol. The van der Waals surface area contributed by atoms with Crippen LogP contribution in [0.3, 0.4) is 0 Å². The molecule has 0 aliphatic carbocycles. The number of hydrogen-bond acceptors (Lipinski definition) is 7. The minimum atomic E-state index is -0.994. The number of benzene rings is 3. The molecule has 0 fully saturated rings. The molecule has 0 saturated heterocycles. The average molecular weight is 466 g/mol. The molecule has 8 heteroatoms. The second kappa shape index (κ2) is 9.93. The van der Waals surface area contributed by atoms with Crippen LogP contribution in [0.25, 0.3) is 0 Å². The highest BCUT2D eigenvalue weighted by molar-refractivity contribution is 6.05. The van der Waals surface area contributed by atoms with Crippen LogP contribution in [-0.4, -0.2) is 45.6 Å². The number of rotatable bonds is 7. The quantitative estimate of drug-likeness (QED) is 0.542. The Bertz CT molecular complexity index is 1170. The number of carbonyl (C=O) groups is 1. The minimum absolute atomic E-state index is 0.292. The van der Waals surface area contributed by atoms with Crippen LogP contribution in [0.4, 0.5) is 5.69 Å². The third-order valence-electron chi connectivity index (χ3n) is 5.58. The van der Waals surface area contributed by atoms with Crippen molar-refractivity contribution < 1.29 is 33.6 Å². The van der Waals surface area contributed by atoms with E-state index in [-0.39, 0.29) is 0 Å². The first-order valence-corrected chi connectivity index (χ1v) is 10.7. The smallest absolute Gasteiger partial charge is 0.255 e. The van der Waals surface area contributed by atoms with Crippen molar-refractivity contribution in [2.45, 2.75) is 13.0 Å². The SMILES string of the molecule is COc1cc(C(=O)Nc2cc3c(cc2[C@@H](O)c2ccc(C)cc2)OCCO3)cc(OC)c1OC. The van der Waals surface area contributed by atoms with Crippen molar-refractivity contribution in [1.82, 2.24) is 0 Å². The van der Waals surface area contributed by atoms with Crippen LogP contribution in [0.1, 0.15) is 33.2 Å². The molecular formula is C26H27NO7. The molecule has 1 aliphatic rings. The number of aryl methyl sites for hydroxylation is 1. The van der Waals surface area contributed by atoms with Gasteiger partial charge in [0.2, 0.25) is 5.75 Å². The Kier molecular flexibility index (Phi) is 6.79. The molecule has 0 aromatic heterocycles. The summed E-state index contributed by atoms with van der Waals surface area (Å²) < 4.78 is 27.5. The Morgan fingerprint density at radius 3 is 2.06 bits per heavy atom. The molecule has 4 rings (SSSR count). The Labute approximate surface area is 198 Å². The van der Waals surface area contributed by atoms with E-state index >= 15 is 0 Å². The van der Waals surface area contributed by atoms with E-state index in [1.807, 2.05) is 31.2 Å². The van der Waals surface area contributed by atoms with Crippen molar-refractivity contribution in [3.05, 3.63) is 70.8 Å². The van der Waals surface area contributed by atoms with E-state index in [1.54, 1.807) is 24.3 Å². The molecule has 178 valence electrons. The number of hydrogen-bond donors (Lipinski definition) is 2. The van der Waals surface area contributed by atoms with E-state index in [0.29, 0.717) is 64.3 Å². The summed E-state index contributed by atoms with van der Waals surface area (Å²) in [4.78, 5) is 13.3. The number of fused-ring (bicyclic) bond motifs is 1. The first-order valence-electron chi connectivity index (χ1n) is 10.7. The molecule has 2 N–H and O–H groups in total. The maximum atomic E-state index is 13.3. The normalized spacial score (nSPS) is 13.1. The Morgan fingerprint density at radius 1 is 0.912 bits per heavy atom.